The Morgan fingerprint density at radius 3 is 2.70 bits per heavy atom. The second-order valence-electron chi connectivity index (χ2n) is 5.92. The Kier molecular flexibility index (Phi) is 5.15. The average molecular weight is 316 g/mol. The SMILES string of the molecule is O=c1cc(CNCC2CCNCC2)nc(-c2ccc(F)cc2)[nH]1. The minimum absolute atomic E-state index is 0.196. The summed E-state index contributed by atoms with van der Waals surface area (Å²) < 4.78 is 13.0. The van der Waals surface area contributed by atoms with Crippen molar-refractivity contribution < 1.29 is 4.39 Å². The molecule has 1 aromatic heterocycles. The molecule has 0 radical (unpaired) electrons. The van der Waals surface area contributed by atoms with Crippen molar-refractivity contribution in [1.82, 2.24) is 20.6 Å². The Balaban J connectivity index is 1.65. The van der Waals surface area contributed by atoms with Gasteiger partial charge in [0.15, 0.2) is 0 Å². The van der Waals surface area contributed by atoms with E-state index in [9.17, 15) is 9.18 Å². The highest BCUT2D eigenvalue weighted by molar-refractivity contribution is 5.54. The zero-order valence-electron chi connectivity index (χ0n) is 12.9. The van der Waals surface area contributed by atoms with Gasteiger partial charge in [0, 0.05) is 18.2 Å². The fourth-order valence-electron chi connectivity index (χ4n) is 2.83. The van der Waals surface area contributed by atoms with Gasteiger partial charge in [0.2, 0.25) is 0 Å². The first-order valence-electron chi connectivity index (χ1n) is 7.98. The molecule has 0 spiro atoms. The van der Waals surface area contributed by atoms with Gasteiger partial charge in [-0.15, -0.1) is 0 Å². The fourth-order valence-corrected chi connectivity index (χ4v) is 2.83. The number of rotatable bonds is 5. The number of aromatic nitrogens is 2. The van der Waals surface area contributed by atoms with Gasteiger partial charge >= 0.3 is 0 Å². The van der Waals surface area contributed by atoms with Crippen molar-refractivity contribution in [1.29, 1.82) is 0 Å². The molecule has 1 fully saturated rings. The van der Waals surface area contributed by atoms with Crippen LogP contribution >= 0.6 is 0 Å². The fraction of sp³-hybridized carbons (Fsp3) is 0.412. The second-order valence-corrected chi connectivity index (χ2v) is 5.92. The number of nitrogens with one attached hydrogen (secondary N) is 3. The maximum atomic E-state index is 13.0. The zero-order chi connectivity index (χ0) is 16.1. The smallest absolute Gasteiger partial charge is 0.251 e. The van der Waals surface area contributed by atoms with E-state index in [1.807, 2.05) is 0 Å². The van der Waals surface area contributed by atoms with Crippen molar-refractivity contribution >= 4 is 0 Å². The lowest BCUT2D eigenvalue weighted by molar-refractivity contribution is 0.356. The number of piperidine rings is 1. The van der Waals surface area contributed by atoms with Crippen LogP contribution in [0.3, 0.4) is 0 Å². The highest BCUT2D eigenvalue weighted by Gasteiger charge is 2.12. The van der Waals surface area contributed by atoms with Gasteiger partial charge in [-0.05, 0) is 62.7 Å². The summed E-state index contributed by atoms with van der Waals surface area (Å²) in [5.74, 6) is 0.835. The quantitative estimate of drug-likeness (QED) is 0.785. The molecule has 1 aromatic carbocycles. The van der Waals surface area contributed by atoms with E-state index in [2.05, 4.69) is 20.6 Å². The highest BCUT2D eigenvalue weighted by atomic mass is 19.1. The standard InChI is InChI=1S/C17H21FN4O/c18-14-3-1-13(2-4-14)17-21-15(9-16(23)22-17)11-20-10-12-5-7-19-8-6-12/h1-4,9,12,19-20H,5-8,10-11H2,(H,21,22,23). The summed E-state index contributed by atoms with van der Waals surface area (Å²) in [5, 5.41) is 6.73. The van der Waals surface area contributed by atoms with Crippen LogP contribution in [0.5, 0.6) is 0 Å². The summed E-state index contributed by atoms with van der Waals surface area (Å²) in [5.41, 5.74) is 1.20. The molecule has 3 N–H and O–H groups in total. The van der Waals surface area contributed by atoms with E-state index < -0.39 is 0 Å². The van der Waals surface area contributed by atoms with Crippen LogP contribution in [0.1, 0.15) is 18.5 Å². The first-order valence-corrected chi connectivity index (χ1v) is 7.98. The number of halogens is 1. The predicted octanol–water partition coefficient (Wildman–Crippen LogP) is 1.67. The number of aromatic amines is 1. The van der Waals surface area contributed by atoms with E-state index in [0.717, 1.165) is 19.6 Å². The zero-order valence-corrected chi connectivity index (χ0v) is 12.9. The van der Waals surface area contributed by atoms with Crippen LogP contribution in [0.4, 0.5) is 4.39 Å². The topological polar surface area (TPSA) is 69.8 Å². The van der Waals surface area contributed by atoms with Gasteiger partial charge in [-0.2, -0.15) is 0 Å². The van der Waals surface area contributed by atoms with Crippen molar-refractivity contribution in [2.24, 2.45) is 5.92 Å². The summed E-state index contributed by atoms with van der Waals surface area (Å²) in [6, 6.07) is 7.44. The van der Waals surface area contributed by atoms with Gasteiger partial charge in [-0.25, -0.2) is 9.37 Å². The number of hydrogen-bond acceptors (Lipinski definition) is 4. The van der Waals surface area contributed by atoms with Crippen molar-refractivity contribution in [2.75, 3.05) is 19.6 Å². The van der Waals surface area contributed by atoms with Gasteiger partial charge in [-0.3, -0.25) is 4.79 Å². The highest BCUT2D eigenvalue weighted by Crippen LogP contribution is 2.14. The van der Waals surface area contributed by atoms with E-state index in [1.165, 1.54) is 31.0 Å². The molecular weight excluding hydrogens is 295 g/mol. The molecule has 0 saturated carbocycles. The summed E-state index contributed by atoms with van der Waals surface area (Å²) >= 11 is 0. The molecule has 0 unspecified atom stereocenters. The molecule has 6 heteroatoms. The first kappa shape index (κ1) is 15.8. The monoisotopic (exact) mass is 316 g/mol. The van der Waals surface area contributed by atoms with Gasteiger partial charge in [-0.1, -0.05) is 0 Å². The molecule has 1 saturated heterocycles. The number of H-pyrrole nitrogens is 1. The van der Waals surface area contributed by atoms with E-state index in [1.54, 1.807) is 12.1 Å². The van der Waals surface area contributed by atoms with Crippen molar-refractivity contribution in [3.05, 3.63) is 52.2 Å². The van der Waals surface area contributed by atoms with Crippen molar-refractivity contribution in [2.45, 2.75) is 19.4 Å². The molecular formula is C17H21FN4O. The molecule has 3 rings (SSSR count). The van der Waals surface area contributed by atoms with E-state index in [4.69, 9.17) is 0 Å². The molecule has 0 atom stereocenters. The Labute approximate surface area is 134 Å². The third-order valence-electron chi connectivity index (χ3n) is 4.11. The summed E-state index contributed by atoms with van der Waals surface area (Å²) in [7, 11) is 0. The first-order chi connectivity index (χ1) is 11.2. The van der Waals surface area contributed by atoms with Crippen LogP contribution in [0.2, 0.25) is 0 Å². The van der Waals surface area contributed by atoms with Crippen LogP contribution in [-0.2, 0) is 6.54 Å². The lowest BCUT2D eigenvalue weighted by atomic mass is 9.98. The van der Waals surface area contributed by atoms with Crippen molar-refractivity contribution in [3.63, 3.8) is 0 Å². The average Bonchev–Trinajstić information content (AvgIpc) is 2.56. The van der Waals surface area contributed by atoms with Gasteiger partial charge < -0.3 is 15.6 Å². The molecule has 23 heavy (non-hydrogen) atoms. The molecule has 0 bridgehead atoms. The van der Waals surface area contributed by atoms with Crippen LogP contribution < -0.4 is 16.2 Å². The van der Waals surface area contributed by atoms with E-state index in [0.29, 0.717) is 29.5 Å². The Morgan fingerprint density at radius 2 is 1.96 bits per heavy atom. The Bertz CT molecular complexity index is 692. The third kappa shape index (κ3) is 4.46. The maximum absolute atomic E-state index is 13.0. The Hall–Kier alpha value is -2.05. The molecule has 5 nitrogen and oxygen atoms in total. The van der Waals surface area contributed by atoms with Crippen LogP contribution in [-0.4, -0.2) is 29.6 Å². The summed E-state index contributed by atoms with van der Waals surface area (Å²) in [4.78, 5) is 19.0. The molecule has 2 aromatic rings. The molecule has 2 heterocycles. The van der Waals surface area contributed by atoms with E-state index >= 15 is 0 Å². The normalized spacial score (nSPS) is 15.7. The molecule has 122 valence electrons. The van der Waals surface area contributed by atoms with Crippen LogP contribution in [0.25, 0.3) is 11.4 Å². The minimum Gasteiger partial charge on any atom is -0.317 e. The summed E-state index contributed by atoms with van der Waals surface area (Å²) in [6.07, 6.45) is 2.35. The van der Waals surface area contributed by atoms with Crippen LogP contribution in [0, 0.1) is 11.7 Å². The minimum atomic E-state index is -0.309. The third-order valence-corrected chi connectivity index (χ3v) is 4.11. The van der Waals surface area contributed by atoms with E-state index in [-0.39, 0.29) is 11.4 Å². The molecule has 1 aliphatic rings. The number of hydrogen-bond donors (Lipinski definition) is 3. The predicted molar refractivity (Wildman–Crippen MR) is 87.6 cm³/mol. The molecule has 0 aliphatic carbocycles. The molecule has 1 aliphatic heterocycles. The maximum Gasteiger partial charge on any atom is 0.251 e. The Morgan fingerprint density at radius 1 is 1.22 bits per heavy atom. The summed E-state index contributed by atoms with van der Waals surface area (Å²) in [6.45, 7) is 3.64. The lowest BCUT2D eigenvalue weighted by Gasteiger charge is -2.22. The lowest BCUT2D eigenvalue weighted by Crippen LogP contribution is -2.33. The van der Waals surface area contributed by atoms with Crippen molar-refractivity contribution in [3.8, 4) is 11.4 Å². The van der Waals surface area contributed by atoms with Crippen LogP contribution in [0.15, 0.2) is 35.1 Å². The van der Waals surface area contributed by atoms with Gasteiger partial charge in [0.1, 0.15) is 11.6 Å². The van der Waals surface area contributed by atoms with Gasteiger partial charge in [0.05, 0.1) is 5.69 Å². The van der Waals surface area contributed by atoms with Gasteiger partial charge in [0.25, 0.3) is 5.56 Å². The second kappa shape index (κ2) is 7.48. The largest absolute Gasteiger partial charge is 0.317 e. The number of nitrogens with zero attached hydrogens (tertiary/aromatic N) is 1. The number of benzene rings is 1. The molecule has 0 amide bonds.